The van der Waals surface area contributed by atoms with Gasteiger partial charge in [-0.2, -0.15) is 0 Å². The van der Waals surface area contributed by atoms with E-state index in [0.717, 1.165) is 4.88 Å². The number of rotatable bonds is 1. The van der Waals surface area contributed by atoms with Gasteiger partial charge in [-0.15, -0.1) is 17.3 Å². The fourth-order valence-electron chi connectivity index (χ4n) is 0.655. The van der Waals surface area contributed by atoms with Gasteiger partial charge in [0.05, 0.1) is 0 Å². The molecule has 2 heteroatoms. The van der Waals surface area contributed by atoms with Crippen molar-refractivity contribution >= 4 is 11.3 Å². The molecule has 0 aliphatic carbocycles. The summed E-state index contributed by atoms with van der Waals surface area (Å²) in [7, 11) is 0. The number of aliphatic hydroxyl groups is 1. The fourth-order valence-corrected chi connectivity index (χ4v) is 1.31. The normalized spacial score (nSPS) is 11.8. The molecular formula is C8H8OS. The van der Waals surface area contributed by atoms with Crippen molar-refractivity contribution in [1.29, 1.82) is 0 Å². The van der Waals surface area contributed by atoms with Crippen LogP contribution in [-0.4, -0.2) is 5.11 Å². The van der Waals surface area contributed by atoms with Gasteiger partial charge < -0.3 is 5.11 Å². The summed E-state index contributed by atoms with van der Waals surface area (Å²) in [5.74, 6) is 5.33. The van der Waals surface area contributed by atoms with Gasteiger partial charge in [0.25, 0.3) is 0 Å². The van der Waals surface area contributed by atoms with E-state index in [1.807, 2.05) is 17.5 Å². The van der Waals surface area contributed by atoms with Crippen molar-refractivity contribution in [3.8, 4) is 11.8 Å². The summed E-state index contributed by atoms with van der Waals surface area (Å²) in [6.45, 7) is 1.72. The quantitative estimate of drug-likeness (QED) is 0.608. The molecule has 0 saturated carbocycles. The minimum absolute atomic E-state index is 0.593. The molecular weight excluding hydrogens is 144 g/mol. The van der Waals surface area contributed by atoms with Gasteiger partial charge >= 0.3 is 0 Å². The van der Waals surface area contributed by atoms with Crippen molar-refractivity contribution < 1.29 is 5.11 Å². The van der Waals surface area contributed by atoms with Gasteiger partial charge in [-0.05, 0) is 18.4 Å². The lowest BCUT2D eigenvalue weighted by atomic mass is 10.3. The highest BCUT2D eigenvalue weighted by Crippen LogP contribution is 2.17. The molecule has 1 rings (SSSR count). The fraction of sp³-hybridized carbons (Fsp3) is 0.250. The Balaban J connectivity index is 2.74. The minimum atomic E-state index is -0.593. The summed E-state index contributed by atoms with van der Waals surface area (Å²) in [5, 5.41) is 11.2. The Bertz CT molecular complexity index is 240. The smallest absolute Gasteiger partial charge is 0.149 e. The number of hydrogen-bond acceptors (Lipinski definition) is 2. The van der Waals surface area contributed by atoms with Gasteiger partial charge in [0.1, 0.15) is 6.10 Å². The molecule has 0 aliphatic rings. The molecule has 1 N–H and O–H groups in total. The third-order valence-corrected chi connectivity index (χ3v) is 2.02. The highest BCUT2D eigenvalue weighted by atomic mass is 32.1. The molecule has 0 fully saturated rings. The van der Waals surface area contributed by atoms with Crippen LogP contribution in [0.25, 0.3) is 0 Å². The largest absolute Gasteiger partial charge is 0.375 e. The standard InChI is InChI=1S/C8H8OS/c1-2-4-7(9)8-5-3-6-10-8/h3,5-7,9H,1H3. The molecule has 0 aliphatic heterocycles. The Morgan fingerprint density at radius 3 is 3.00 bits per heavy atom. The van der Waals surface area contributed by atoms with Gasteiger partial charge in [0.15, 0.2) is 0 Å². The lowest BCUT2D eigenvalue weighted by Gasteiger charge is -1.95. The first-order chi connectivity index (χ1) is 4.84. The predicted octanol–water partition coefficient (Wildman–Crippen LogP) is 1.80. The molecule has 1 aromatic heterocycles. The Labute approximate surface area is 64.3 Å². The van der Waals surface area contributed by atoms with Gasteiger partial charge in [-0.3, -0.25) is 0 Å². The van der Waals surface area contributed by atoms with E-state index >= 15 is 0 Å². The summed E-state index contributed by atoms with van der Waals surface area (Å²) in [6, 6.07) is 3.78. The number of aliphatic hydroxyl groups excluding tert-OH is 1. The lowest BCUT2D eigenvalue weighted by Crippen LogP contribution is -1.87. The van der Waals surface area contributed by atoms with Crippen molar-refractivity contribution in [3.05, 3.63) is 22.4 Å². The van der Waals surface area contributed by atoms with E-state index in [1.54, 1.807) is 6.92 Å². The summed E-state index contributed by atoms with van der Waals surface area (Å²) < 4.78 is 0. The van der Waals surface area contributed by atoms with E-state index in [1.165, 1.54) is 11.3 Å². The maximum atomic E-state index is 9.25. The SMILES string of the molecule is CC#CC(O)c1cccs1. The second-order valence-electron chi connectivity index (χ2n) is 1.81. The lowest BCUT2D eigenvalue weighted by molar-refractivity contribution is 0.242. The van der Waals surface area contributed by atoms with Crippen LogP contribution in [0.1, 0.15) is 17.9 Å². The van der Waals surface area contributed by atoms with Gasteiger partial charge in [0, 0.05) is 4.88 Å². The molecule has 52 valence electrons. The maximum absolute atomic E-state index is 9.25. The van der Waals surface area contributed by atoms with E-state index in [-0.39, 0.29) is 0 Å². The Hall–Kier alpha value is -0.780. The Morgan fingerprint density at radius 2 is 2.50 bits per heavy atom. The highest BCUT2D eigenvalue weighted by Gasteiger charge is 2.01. The topological polar surface area (TPSA) is 20.2 Å². The van der Waals surface area contributed by atoms with E-state index in [9.17, 15) is 5.11 Å². The molecule has 1 aromatic rings. The van der Waals surface area contributed by atoms with Crippen LogP contribution in [0.2, 0.25) is 0 Å². The summed E-state index contributed by atoms with van der Waals surface area (Å²) >= 11 is 1.52. The molecule has 0 radical (unpaired) electrons. The van der Waals surface area contributed by atoms with Crippen LogP contribution < -0.4 is 0 Å². The second kappa shape index (κ2) is 3.40. The number of hydrogen-bond donors (Lipinski definition) is 1. The summed E-state index contributed by atoms with van der Waals surface area (Å²) in [4.78, 5) is 0.911. The van der Waals surface area contributed by atoms with Gasteiger partial charge in [-0.1, -0.05) is 12.0 Å². The molecule has 10 heavy (non-hydrogen) atoms. The molecule has 0 saturated heterocycles. The average molecular weight is 152 g/mol. The first kappa shape index (κ1) is 7.33. The third-order valence-electron chi connectivity index (χ3n) is 1.09. The third kappa shape index (κ3) is 1.60. The first-order valence-electron chi connectivity index (χ1n) is 2.98. The zero-order valence-electron chi connectivity index (χ0n) is 5.66. The zero-order valence-corrected chi connectivity index (χ0v) is 6.48. The van der Waals surface area contributed by atoms with E-state index in [2.05, 4.69) is 11.8 Å². The van der Waals surface area contributed by atoms with Crippen molar-refractivity contribution in [2.45, 2.75) is 13.0 Å². The van der Waals surface area contributed by atoms with E-state index < -0.39 is 6.10 Å². The summed E-state index contributed by atoms with van der Waals surface area (Å²) in [6.07, 6.45) is -0.593. The van der Waals surface area contributed by atoms with Crippen LogP contribution in [0.15, 0.2) is 17.5 Å². The molecule has 1 atom stereocenters. The molecule has 1 heterocycles. The zero-order chi connectivity index (χ0) is 7.40. The van der Waals surface area contributed by atoms with E-state index in [4.69, 9.17) is 0 Å². The van der Waals surface area contributed by atoms with Crippen molar-refractivity contribution in [2.24, 2.45) is 0 Å². The molecule has 0 aromatic carbocycles. The first-order valence-corrected chi connectivity index (χ1v) is 3.86. The number of thiophene rings is 1. The Morgan fingerprint density at radius 1 is 1.70 bits per heavy atom. The van der Waals surface area contributed by atoms with Gasteiger partial charge in [0.2, 0.25) is 0 Å². The molecule has 0 spiro atoms. The van der Waals surface area contributed by atoms with E-state index in [0.29, 0.717) is 0 Å². The van der Waals surface area contributed by atoms with Crippen molar-refractivity contribution in [2.75, 3.05) is 0 Å². The minimum Gasteiger partial charge on any atom is -0.375 e. The van der Waals surface area contributed by atoms with Crippen LogP contribution in [0, 0.1) is 11.8 Å². The molecule has 0 bridgehead atoms. The molecule has 0 amide bonds. The predicted molar refractivity (Wildman–Crippen MR) is 42.7 cm³/mol. The van der Waals surface area contributed by atoms with Gasteiger partial charge in [-0.25, -0.2) is 0 Å². The second-order valence-corrected chi connectivity index (χ2v) is 2.79. The van der Waals surface area contributed by atoms with Crippen LogP contribution in [0.4, 0.5) is 0 Å². The van der Waals surface area contributed by atoms with Crippen LogP contribution >= 0.6 is 11.3 Å². The maximum Gasteiger partial charge on any atom is 0.149 e. The highest BCUT2D eigenvalue weighted by molar-refractivity contribution is 7.10. The van der Waals surface area contributed by atoms with Crippen LogP contribution in [-0.2, 0) is 0 Å². The average Bonchev–Trinajstić information content (AvgIpc) is 2.38. The molecule has 1 unspecified atom stereocenters. The van der Waals surface area contributed by atoms with Crippen LogP contribution in [0.3, 0.4) is 0 Å². The summed E-state index contributed by atoms with van der Waals surface area (Å²) in [5.41, 5.74) is 0. The van der Waals surface area contributed by atoms with Crippen LogP contribution in [0.5, 0.6) is 0 Å². The van der Waals surface area contributed by atoms with Crippen molar-refractivity contribution in [1.82, 2.24) is 0 Å². The van der Waals surface area contributed by atoms with Crippen molar-refractivity contribution in [3.63, 3.8) is 0 Å². The monoisotopic (exact) mass is 152 g/mol. The Kier molecular flexibility index (Phi) is 2.49. The molecule has 1 nitrogen and oxygen atoms in total.